The first-order valence-corrected chi connectivity index (χ1v) is 7.54. The summed E-state index contributed by atoms with van der Waals surface area (Å²) < 4.78 is 5.74. The molecule has 0 bridgehead atoms. The zero-order valence-electron chi connectivity index (χ0n) is 13.4. The summed E-state index contributed by atoms with van der Waals surface area (Å²) in [4.78, 5) is 0. The van der Waals surface area contributed by atoms with E-state index in [0.717, 1.165) is 17.7 Å². The van der Waals surface area contributed by atoms with E-state index in [2.05, 4.69) is 44.2 Å². The van der Waals surface area contributed by atoms with Crippen LogP contribution in [0.15, 0.2) is 42.5 Å². The lowest BCUT2D eigenvalue weighted by Gasteiger charge is -2.16. The fourth-order valence-corrected chi connectivity index (χ4v) is 2.47. The SMILES string of the molecule is Cc1ccc(C)c(CC(N)c2cccc(OC(C)C)c2)c1. The van der Waals surface area contributed by atoms with Crippen molar-refractivity contribution >= 4 is 0 Å². The lowest BCUT2D eigenvalue weighted by atomic mass is 9.95. The van der Waals surface area contributed by atoms with Crippen LogP contribution < -0.4 is 10.5 Å². The van der Waals surface area contributed by atoms with E-state index in [0.29, 0.717) is 0 Å². The van der Waals surface area contributed by atoms with Gasteiger partial charge in [0.15, 0.2) is 0 Å². The molecule has 0 spiro atoms. The second-order valence-corrected chi connectivity index (χ2v) is 5.98. The van der Waals surface area contributed by atoms with E-state index in [1.807, 2.05) is 26.0 Å². The number of rotatable bonds is 5. The van der Waals surface area contributed by atoms with Gasteiger partial charge in [-0.05, 0) is 62.9 Å². The predicted molar refractivity (Wildman–Crippen MR) is 88.8 cm³/mol. The highest BCUT2D eigenvalue weighted by atomic mass is 16.5. The van der Waals surface area contributed by atoms with Gasteiger partial charge in [0.1, 0.15) is 5.75 Å². The molecule has 0 saturated heterocycles. The highest BCUT2D eigenvalue weighted by Gasteiger charge is 2.10. The molecule has 2 aromatic rings. The van der Waals surface area contributed by atoms with Crippen LogP contribution in [0.25, 0.3) is 0 Å². The van der Waals surface area contributed by atoms with Gasteiger partial charge in [-0.25, -0.2) is 0 Å². The lowest BCUT2D eigenvalue weighted by Crippen LogP contribution is -2.14. The first kappa shape index (κ1) is 15.6. The third-order valence-electron chi connectivity index (χ3n) is 3.60. The van der Waals surface area contributed by atoms with E-state index in [4.69, 9.17) is 10.5 Å². The van der Waals surface area contributed by atoms with Crippen molar-refractivity contribution in [2.45, 2.75) is 46.3 Å². The molecule has 2 nitrogen and oxygen atoms in total. The first-order valence-electron chi connectivity index (χ1n) is 7.54. The van der Waals surface area contributed by atoms with Gasteiger partial charge in [-0.1, -0.05) is 35.9 Å². The van der Waals surface area contributed by atoms with Crippen LogP contribution in [-0.4, -0.2) is 6.10 Å². The van der Waals surface area contributed by atoms with Crippen LogP contribution in [0, 0.1) is 13.8 Å². The normalized spacial score (nSPS) is 12.5. The van der Waals surface area contributed by atoms with Crippen LogP contribution in [0.1, 0.15) is 42.1 Å². The maximum absolute atomic E-state index is 6.39. The number of benzene rings is 2. The molecule has 2 aromatic carbocycles. The first-order chi connectivity index (χ1) is 9.95. The summed E-state index contributed by atoms with van der Waals surface area (Å²) >= 11 is 0. The quantitative estimate of drug-likeness (QED) is 0.886. The zero-order valence-corrected chi connectivity index (χ0v) is 13.4. The van der Waals surface area contributed by atoms with Crippen LogP contribution in [-0.2, 0) is 6.42 Å². The molecule has 0 heterocycles. The summed E-state index contributed by atoms with van der Waals surface area (Å²) in [5.74, 6) is 0.888. The molecule has 0 aliphatic carbocycles. The smallest absolute Gasteiger partial charge is 0.120 e. The fraction of sp³-hybridized carbons (Fsp3) is 0.368. The Morgan fingerprint density at radius 3 is 2.52 bits per heavy atom. The van der Waals surface area contributed by atoms with Crippen molar-refractivity contribution in [2.75, 3.05) is 0 Å². The Labute approximate surface area is 127 Å². The Bertz CT molecular complexity index is 604. The van der Waals surface area contributed by atoms with Crippen molar-refractivity contribution in [1.82, 2.24) is 0 Å². The molecular formula is C19H25NO. The number of hydrogen-bond donors (Lipinski definition) is 1. The minimum atomic E-state index is -0.0128. The minimum Gasteiger partial charge on any atom is -0.491 e. The summed E-state index contributed by atoms with van der Waals surface area (Å²) in [7, 11) is 0. The minimum absolute atomic E-state index is 0.0128. The van der Waals surface area contributed by atoms with Gasteiger partial charge in [0, 0.05) is 6.04 Å². The Morgan fingerprint density at radius 1 is 1.05 bits per heavy atom. The molecule has 2 rings (SSSR count). The molecular weight excluding hydrogens is 258 g/mol. The Kier molecular flexibility index (Phi) is 5.03. The molecule has 0 radical (unpaired) electrons. The van der Waals surface area contributed by atoms with Crippen LogP contribution in [0.3, 0.4) is 0 Å². The molecule has 1 atom stereocenters. The summed E-state index contributed by atoms with van der Waals surface area (Å²) in [6, 6.07) is 14.6. The van der Waals surface area contributed by atoms with Crippen molar-refractivity contribution in [3.63, 3.8) is 0 Å². The maximum Gasteiger partial charge on any atom is 0.120 e. The van der Waals surface area contributed by atoms with Crippen molar-refractivity contribution in [3.05, 3.63) is 64.7 Å². The highest BCUT2D eigenvalue weighted by Crippen LogP contribution is 2.23. The van der Waals surface area contributed by atoms with Crippen LogP contribution in [0.5, 0.6) is 5.75 Å². The average molecular weight is 283 g/mol. The van der Waals surface area contributed by atoms with Crippen LogP contribution in [0.4, 0.5) is 0 Å². The monoisotopic (exact) mass is 283 g/mol. The number of aryl methyl sites for hydroxylation is 2. The van der Waals surface area contributed by atoms with Gasteiger partial charge in [0.25, 0.3) is 0 Å². The van der Waals surface area contributed by atoms with Gasteiger partial charge < -0.3 is 10.5 Å². The molecule has 0 aromatic heterocycles. The average Bonchev–Trinajstić information content (AvgIpc) is 2.42. The van der Waals surface area contributed by atoms with E-state index in [1.165, 1.54) is 16.7 Å². The number of hydrogen-bond acceptors (Lipinski definition) is 2. The molecule has 2 N–H and O–H groups in total. The molecule has 0 aliphatic rings. The standard InChI is InChI=1S/C19H25NO/c1-13(2)21-18-7-5-6-16(11-18)19(20)12-17-10-14(3)8-9-15(17)4/h5-11,13,19H,12,20H2,1-4H3. The second kappa shape index (κ2) is 6.77. The van der Waals surface area contributed by atoms with Gasteiger partial charge >= 0.3 is 0 Å². The third-order valence-corrected chi connectivity index (χ3v) is 3.60. The molecule has 0 saturated carbocycles. The van der Waals surface area contributed by atoms with E-state index in [9.17, 15) is 0 Å². The molecule has 0 amide bonds. The van der Waals surface area contributed by atoms with Gasteiger partial charge in [-0.3, -0.25) is 0 Å². The van der Waals surface area contributed by atoms with E-state index in [-0.39, 0.29) is 12.1 Å². The van der Waals surface area contributed by atoms with E-state index >= 15 is 0 Å². The summed E-state index contributed by atoms with van der Waals surface area (Å²) in [5.41, 5.74) is 11.4. The van der Waals surface area contributed by atoms with Gasteiger partial charge in [-0.15, -0.1) is 0 Å². The van der Waals surface area contributed by atoms with Crippen LogP contribution >= 0.6 is 0 Å². The molecule has 0 fully saturated rings. The molecule has 0 aliphatic heterocycles. The summed E-state index contributed by atoms with van der Waals surface area (Å²) in [5, 5.41) is 0. The molecule has 1 unspecified atom stereocenters. The van der Waals surface area contributed by atoms with Gasteiger partial charge in [0.2, 0.25) is 0 Å². The largest absolute Gasteiger partial charge is 0.491 e. The molecule has 21 heavy (non-hydrogen) atoms. The van der Waals surface area contributed by atoms with Crippen molar-refractivity contribution in [2.24, 2.45) is 5.73 Å². The van der Waals surface area contributed by atoms with Gasteiger partial charge in [-0.2, -0.15) is 0 Å². The second-order valence-electron chi connectivity index (χ2n) is 5.98. The highest BCUT2D eigenvalue weighted by molar-refractivity contribution is 5.35. The van der Waals surface area contributed by atoms with Gasteiger partial charge in [0.05, 0.1) is 6.10 Å². The Balaban J connectivity index is 2.16. The fourth-order valence-electron chi connectivity index (χ4n) is 2.47. The Morgan fingerprint density at radius 2 is 1.81 bits per heavy atom. The lowest BCUT2D eigenvalue weighted by molar-refractivity contribution is 0.242. The van der Waals surface area contributed by atoms with Crippen molar-refractivity contribution in [1.29, 1.82) is 0 Å². The number of ether oxygens (including phenoxy) is 1. The van der Waals surface area contributed by atoms with E-state index < -0.39 is 0 Å². The third kappa shape index (κ3) is 4.33. The van der Waals surface area contributed by atoms with Crippen molar-refractivity contribution < 1.29 is 4.74 Å². The summed E-state index contributed by atoms with van der Waals surface area (Å²) in [6.07, 6.45) is 1.02. The van der Waals surface area contributed by atoms with E-state index in [1.54, 1.807) is 0 Å². The zero-order chi connectivity index (χ0) is 15.4. The summed E-state index contributed by atoms with van der Waals surface area (Å²) in [6.45, 7) is 8.32. The van der Waals surface area contributed by atoms with Crippen LogP contribution in [0.2, 0.25) is 0 Å². The molecule has 2 heteroatoms. The Hall–Kier alpha value is -1.80. The maximum atomic E-state index is 6.39. The predicted octanol–water partition coefficient (Wildman–Crippen LogP) is 4.33. The van der Waals surface area contributed by atoms with Crippen molar-refractivity contribution in [3.8, 4) is 5.75 Å². The number of nitrogens with two attached hydrogens (primary N) is 1. The topological polar surface area (TPSA) is 35.2 Å². The molecule has 112 valence electrons.